The second kappa shape index (κ2) is 8.67. The third kappa shape index (κ3) is 4.27. The molecule has 0 spiro atoms. The monoisotopic (exact) mass is 466 g/mol. The van der Waals surface area contributed by atoms with Crippen LogP contribution in [0.1, 0.15) is 48.4 Å². The second-order valence-corrected chi connectivity index (χ2v) is 10.3. The van der Waals surface area contributed by atoms with Crippen molar-refractivity contribution in [3.63, 3.8) is 0 Å². The highest BCUT2D eigenvalue weighted by Gasteiger charge is 2.40. The van der Waals surface area contributed by atoms with E-state index >= 15 is 4.39 Å². The van der Waals surface area contributed by atoms with Crippen molar-refractivity contribution in [2.75, 3.05) is 17.2 Å². The number of aryl methyl sites for hydroxylation is 1. The van der Waals surface area contributed by atoms with E-state index in [0.29, 0.717) is 11.4 Å². The van der Waals surface area contributed by atoms with Gasteiger partial charge in [-0.15, -0.1) is 11.8 Å². The molecule has 2 amide bonds. The van der Waals surface area contributed by atoms with Gasteiger partial charge in [0, 0.05) is 16.5 Å². The van der Waals surface area contributed by atoms with E-state index in [0.717, 1.165) is 22.5 Å². The summed E-state index contributed by atoms with van der Waals surface area (Å²) in [4.78, 5) is 26.7. The maximum absolute atomic E-state index is 15.0. The van der Waals surface area contributed by atoms with E-state index < -0.39 is 16.6 Å². The Kier molecular flexibility index (Phi) is 6.05. The number of primary amides is 1. The molecule has 2 aromatic carbocycles. The Morgan fingerprint density at radius 1 is 1.18 bits per heavy atom. The van der Waals surface area contributed by atoms with Crippen molar-refractivity contribution in [3.8, 4) is 5.69 Å². The number of aromatic nitrogens is 2. The first-order chi connectivity index (χ1) is 15.6. The number of halogens is 1. The predicted octanol–water partition coefficient (Wildman–Crippen LogP) is 4.27. The number of carbonyl (C=O) groups is 2. The van der Waals surface area contributed by atoms with Crippen LogP contribution in [0.15, 0.2) is 48.5 Å². The molecule has 6 nitrogen and oxygen atoms in total. The van der Waals surface area contributed by atoms with Crippen LogP contribution in [0.2, 0.25) is 0 Å². The number of thioether (sulfide) groups is 1. The third-order valence-electron chi connectivity index (χ3n) is 5.64. The van der Waals surface area contributed by atoms with E-state index in [9.17, 15) is 9.59 Å². The summed E-state index contributed by atoms with van der Waals surface area (Å²) < 4.78 is 16.7. The molecular weight excluding hydrogens is 439 g/mol. The lowest BCUT2D eigenvalue weighted by Crippen LogP contribution is -2.40. The van der Waals surface area contributed by atoms with Gasteiger partial charge in [0.1, 0.15) is 18.2 Å². The van der Waals surface area contributed by atoms with Gasteiger partial charge in [0.2, 0.25) is 11.8 Å². The van der Waals surface area contributed by atoms with Crippen LogP contribution in [0.4, 0.5) is 10.2 Å². The Hall–Kier alpha value is -3.13. The predicted molar refractivity (Wildman–Crippen MR) is 129 cm³/mol. The zero-order chi connectivity index (χ0) is 23.9. The molecular formula is C25H27FN4O2S. The van der Waals surface area contributed by atoms with Gasteiger partial charge in [-0.05, 0) is 24.6 Å². The van der Waals surface area contributed by atoms with Crippen LogP contribution in [0, 0.1) is 12.7 Å². The van der Waals surface area contributed by atoms with Gasteiger partial charge in [0.25, 0.3) is 0 Å². The smallest absolute Gasteiger partial charge is 0.238 e. The molecule has 0 radical (unpaired) electrons. The zero-order valence-electron chi connectivity index (χ0n) is 19.1. The fourth-order valence-corrected chi connectivity index (χ4v) is 5.35. The molecule has 1 aromatic heterocycles. The number of anilines is 1. The number of benzene rings is 2. The minimum Gasteiger partial charge on any atom is -0.368 e. The molecule has 0 aliphatic carbocycles. The first-order valence-corrected chi connectivity index (χ1v) is 11.8. The van der Waals surface area contributed by atoms with Crippen molar-refractivity contribution in [1.29, 1.82) is 0 Å². The average Bonchev–Trinajstić information content (AvgIpc) is 3.08. The molecule has 0 saturated heterocycles. The Labute approximate surface area is 197 Å². The maximum Gasteiger partial charge on any atom is 0.238 e. The van der Waals surface area contributed by atoms with E-state index in [1.54, 1.807) is 22.9 Å². The highest BCUT2D eigenvalue weighted by atomic mass is 32.2. The third-order valence-corrected chi connectivity index (χ3v) is 6.88. The van der Waals surface area contributed by atoms with Gasteiger partial charge in [0.05, 0.1) is 22.4 Å². The lowest BCUT2D eigenvalue weighted by molar-refractivity contribution is -0.121. The van der Waals surface area contributed by atoms with Gasteiger partial charge in [-0.2, -0.15) is 5.10 Å². The number of carbonyl (C=O) groups excluding carboxylic acids is 2. The van der Waals surface area contributed by atoms with Crippen LogP contribution in [-0.2, 0) is 15.0 Å². The van der Waals surface area contributed by atoms with Gasteiger partial charge >= 0.3 is 0 Å². The molecule has 0 unspecified atom stereocenters. The zero-order valence-corrected chi connectivity index (χ0v) is 19.9. The quantitative estimate of drug-likeness (QED) is 0.623. The second-order valence-electron chi connectivity index (χ2n) is 9.19. The van der Waals surface area contributed by atoms with Gasteiger partial charge in [-0.3, -0.25) is 14.5 Å². The van der Waals surface area contributed by atoms with E-state index in [-0.39, 0.29) is 24.0 Å². The van der Waals surface area contributed by atoms with Crippen molar-refractivity contribution >= 4 is 29.4 Å². The number of nitrogens with zero attached hydrogens (tertiary/aromatic N) is 3. The summed E-state index contributed by atoms with van der Waals surface area (Å²) in [7, 11) is 0. The first kappa shape index (κ1) is 23.0. The lowest BCUT2D eigenvalue weighted by Gasteiger charge is -2.24. The molecule has 2 heterocycles. The van der Waals surface area contributed by atoms with Gasteiger partial charge in [-0.1, -0.05) is 57.2 Å². The van der Waals surface area contributed by atoms with Gasteiger partial charge in [-0.25, -0.2) is 9.07 Å². The summed E-state index contributed by atoms with van der Waals surface area (Å²) in [5, 5.41) is 4.49. The van der Waals surface area contributed by atoms with Crippen LogP contribution < -0.4 is 10.6 Å². The topological polar surface area (TPSA) is 81.2 Å². The number of para-hydroxylation sites is 1. The van der Waals surface area contributed by atoms with Crippen LogP contribution in [0.5, 0.6) is 0 Å². The molecule has 1 atom stereocenters. The van der Waals surface area contributed by atoms with Crippen molar-refractivity contribution in [2.45, 2.75) is 38.4 Å². The Morgan fingerprint density at radius 2 is 1.85 bits per heavy atom. The molecule has 33 heavy (non-hydrogen) atoms. The SMILES string of the molecule is Cc1ccccc1-n1nc(C(C)(C)C)c2c1N(CC(N)=O)C(=O)CS[C@@H]2c1ccccc1F. The number of hydrogen-bond acceptors (Lipinski definition) is 4. The summed E-state index contributed by atoms with van der Waals surface area (Å²) >= 11 is 1.34. The van der Waals surface area contributed by atoms with Crippen molar-refractivity contribution in [1.82, 2.24) is 9.78 Å². The lowest BCUT2D eigenvalue weighted by atomic mass is 9.87. The van der Waals surface area contributed by atoms with Crippen molar-refractivity contribution in [3.05, 3.63) is 76.7 Å². The van der Waals surface area contributed by atoms with Crippen LogP contribution in [0.3, 0.4) is 0 Å². The molecule has 1 aliphatic rings. The van der Waals surface area contributed by atoms with Gasteiger partial charge < -0.3 is 5.73 Å². The Balaban J connectivity index is 2.11. The Morgan fingerprint density at radius 3 is 2.48 bits per heavy atom. The molecule has 0 fully saturated rings. The minimum atomic E-state index is -0.626. The molecule has 0 saturated carbocycles. The first-order valence-electron chi connectivity index (χ1n) is 10.7. The van der Waals surface area contributed by atoms with Crippen LogP contribution in [-0.4, -0.2) is 33.9 Å². The van der Waals surface area contributed by atoms with E-state index in [1.807, 2.05) is 52.0 Å². The fraction of sp³-hybridized carbons (Fsp3) is 0.320. The van der Waals surface area contributed by atoms with E-state index in [2.05, 4.69) is 0 Å². The van der Waals surface area contributed by atoms with Crippen molar-refractivity contribution < 1.29 is 14.0 Å². The summed E-state index contributed by atoms with van der Waals surface area (Å²) in [6.45, 7) is 7.78. The molecule has 172 valence electrons. The maximum atomic E-state index is 15.0. The average molecular weight is 467 g/mol. The summed E-state index contributed by atoms with van der Waals surface area (Å²) in [5.41, 5.74) is 8.82. The molecule has 1 aliphatic heterocycles. The van der Waals surface area contributed by atoms with E-state index in [4.69, 9.17) is 10.8 Å². The fourth-order valence-electron chi connectivity index (χ4n) is 4.13. The molecule has 4 rings (SSSR count). The summed E-state index contributed by atoms with van der Waals surface area (Å²) in [5.74, 6) is -0.692. The minimum absolute atomic E-state index is 0.0817. The summed E-state index contributed by atoms with van der Waals surface area (Å²) in [6.07, 6.45) is 0. The molecule has 0 bridgehead atoms. The highest BCUT2D eigenvalue weighted by Crippen LogP contribution is 2.49. The highest BCUT2D eigenvalue weighted by molar-refractivity contribution is 8.00. The standard InChI is InChI=1S/C25H27FN4O2S/c1-15-9-5-8-12-18(15)30-24-21(23(28-30)25(2,3)4)22(16-10-6-7-11-17(16)26)33-14-20(32)29(24)13-19(27)31/h5-12,22H,13-14H2,1-4H3,(H2,27,31)/t22-/m1/s1. The van der Waals surface area contributed by atoms with Crippen LogP contribution >= 0.6 is 11.8 Å². The molecule has 3 aromatic rings. The molecule has 8 heteroatoms. The van der Waals surface area contributed by atoms with Crippen LogP contribution in [0.25, 0.3) is 5.69 Å². The van der Waals surface area contributed by atoms with Crippen molar-refractivity contribution in [2.24, 2.45) is 5.73 Å². The summed E-state index contributed by atoms with van der Waals surface area (Å²) in [6, 6.07) is 14.3. The number of amides is 2. The number of fused-ring (bicyclic) bond motifs is 1. The molecule has 2 N–H and O–H groups in total. The number of nitrogens with two attached hydrogens (primary N) is 1. The normalized spacial score (nSPS) is 16.5. The number of hydrogen-bond donors (Lipinski definition) is 1. The van der Waals surface area contributed by atoms with Gasteiger partial charge in [0.15, 0.2) is 0 Å². The van der Waals surface area contributed by atoms with E-state index in [1.165, 1.54) is 22.7 Å². The largest absolute Gasteiger partial charge is 0.368 e. The Bertz CT molecular complexity index is 1230. The number of rotatable bonds is 4.